The van der Waals surface area contributed by atoms with Crippen molar-refractivity contribution in [3.63, 3.8) is 0 Å². The maximum absolute atomic E-state index is 5.22. The van der Waals surface area contributed by atoms with Crippen molar-refractivity contribution in [2.75, 3.05) is 5.75 Å². The van der Waals surface area contributed by atoms with Gasteiger partial charge in [-0.3, -0.25) is 0 Å². The number of unbranched alkanes of at least 4 members (excludes halogenated alkanes) is 1. The van der Waals surface area contributed by atoms with Gasteiger partial charge >= 0.3 is 0 Å². The molecule has 0 atom stereocenters. The molecule has 0 aliphatic heterocycles. The zero-order chi connectivity index (χ0) is 11.9. The first-order chi connectivity index (χ1) is 8.38. The molecule has 0 spiro atoms. The average molecular weight is 245 g/mol. The van der Waals surface area contributed by atoms with Crippen LogP contribution in [0.2, 0.25) is 0 Å². The largest absolute Gasteiger partial charge is 0.310 e. The maximum Gasteiger partial charge on any atom is 0.0208 e. The Morgan fingerprint density at radius 2 is 2.06 bits per heavy atom. The van der Waals surface area contributed by atoms with E-state index in [0.29, 0.717) is 0 Å². The Balaban J connectivity index is 1.70. The summed E-state index contributed by atoms with van der Waals surface area (Å²) in [4.78, 5) is 1.34. The van der Waals surface area contributed by atoms with Crippen molar-refractivity contribution in [3.8, 4) is 12.3 Å². The second-order valence-electron chi connectivity index (χ2n) is 4.46. The molecular weight excluding hydrogens is 226 g/mol. The van der Waals surface area contributed by atoms with E-state index in [4.69, 9.17) is 6.42 Å². The monoisotopic (exact) mass is 245 g/mol. The number of benzene rings is 1. The van der Waals surface area contributed by atoms with Gasteiger partial charge in [0.1, 0.15) is 0 Å². The molecule has 1 aromatic carbocycles. The van der Waals surface area contributed by atoms with E-state index < -0.39 is 0 Å². The quantitative estimate of drug-likeness (QED) is 0.448. The minimum Gasteiger partial charge on any atom is -0.310 e. The van der Waals surface area contributed by atoms with Crippen LogP contribution in [-0.2, 0) is 6.54 Å². The van der Waals surface area contributed by atoms with E-state index in [9.17, 15) is 0 Å². The fraction of sp³-hybridized carbons (Fsp3) is 0.467. The summed E-state index contributed by atoms with van der Waals surface area (Å²) in [6.07, 6.45) is 9.91. The summed E-state index contributed by atoms with van der Waals surface area (Å²) in [5.74, 6) is 3.79. The number of rotatable bonds is 7. The van der Waals surface area contributed by atoms with E-state index in [2.05, 4.69) is 35.5 Å². The minimum atomic E-state index is 0.785. The number of terminal acetylenes is 1. The standard InChI is InChI=1S/C15H19NS/c1-2-3-4-11-17-15-9-5-13(6-10-15)12-16-14-7-8-14/h1,5-6,9-10,14,16H,3-4,7-8,11-12H2. The molecule has 1 aromatic rings. The van der Waals surface area contributed by atoms with Gasteiger partial charge in [-0.05, 0) is 42.7 Å². The molecule has 0 amide bonds. The Morgan fingerprint density at radius 3 is 2.71 bits per heavy atom. The molecule has 0 unspecified atom stereocenters. The van der Waals surface area contributed by atoms with Crippen LogP contribution in [0.4, 0.5) is 0 Å². The zero-order valence-corrected chi connectivity index (χ0v) is 10.9. The highest BCUT2D eigenvalue weighted by atomic mass is 32.2. The van der Waals surface area contributed by atoms with Crippen molar-refractivity contribution in [1.82, 2.24) is 5.32 Å². The Kier molecular flexibility index (Phi) is 4.97. The molecule has 1 saturated carbocycles. The summed E-state index contributed by atoms with van der Waals surface area (Å²) in [5.41, 5.74) is 1.38. The molecule has 2 heteroatoms. The summed E-state index contributed by atoms with van der Waals surface area (Å²) in [5, 5.41) is 3.52. The van der Waals surface area contributed by atoms with Crippen molar-refractivity contribution in [1.29, 1.82) is 0 Å². The van der Waals surface area contributed by atoms with Gasteiger partial charge in [-0.25, -0.2) is 0 Å². The van der Waals surface area contributed by atoms with Gasteiger partial charge in [0.2, 0.25) is 0 Å². The molecular formula is C15H19NS. The van der Waals surface area contributed by atoms with Crippen molar-refractivity contribution >= 4 is 11.8 Å². The highest BCUT2D eigenvalue weighted by Crippen LogP contribution is 2.21. The first kappa shape index (κ1) is 12.5. The highest BCUT2D eigenvalue weighted by molar-refractivity contribution is 7.99. The highest BCUT2D eigenvalue weighted by Gasteiger charge is 2.19. The van der Waals surface area contributed by atoms with Crippen LogP contribution in [0.1, 0.15) is 31.2 Å². The fourth-order valence-electron chi connectivity index (χ4n) is 1.62. The van der Waals surface area contributed by atoms with Crippen LogP contribution in [0, 0.1) is 12.3 Å². The van der Waals surface area contributed by atoms with Gasteiger partial charge in [0.25, 0.3) is 0 Å². The van der Waals surface area contributed by atoms with Crippen LogP contribution < -0.4 is 5.32 Å². The molecule has 0 aromatic heterocycles. The van der Waals surface area contributed by atoms with E-state index >= 15 is 0 Å². The Bertz CT molecular complexity index is 373. The normalized spacial score (nSPS) is 14.5. The molecule has 0 radical (unpaired) electrons. The molecule has 90 valence electrons. The number of hydrogen-bond acceptors (Lipinski definition) is 2. The van der Waals surface area contributed by atoms with Crippen LogP contribution in [0.3, 0.4) is 0 Å². The molecule has 2 rings (SSSR count). The topological polar surface area (TPSA) is 12.0 Å². The fourth-order valence-corrected chi connectivity index (χ4v) is 2.47. The predicted octanol–water partition coefficient (Wildman–Crippen LogP) is 3.44. The molecule has 1 N–H and O–H groups in total. The molecule has 1 fully saturated rings. The predicted molar refractivity (Wildman–Crippen MR) is 75.1 cm³/mol. The number of nitrogens with one attached hydrogen (secondary N) is 1. The van der Waals surface area contributed by atoms with Crippen LogP contribution in [-0.4, -0.2) is 11.8 Å². The zero-order valence-electron chi connectivity index (χ0n) is 10.1. The molecule has 1 aliphatic rings. The Morgan fingerprint density at radius 1 is 1.29 bits per heavy atom. The molecule has 17 heavy (non-hydrogen) atoms. The van der Waals surface area contributed by atoms with Crippen LogP contribution in [0.25, 0.3) is 0 Å². The molecule has 0 saturated heterocycles. The SMILES string of the molecule is C#CCCCSc1ccc(CNC2CC2)cc1. The van der Waals surface area contributed by atoms with Crippen molar-refractivity contribution < 1.29 is 0 Å². The first-order valence-electron chi connectivity index (χ1n) is 6.27. The van der Waals surface area contributed by atoms with E-state index in [0.717, 1.165) is 31.2 Å². The second kappa shape index (κ2) is 6.74. The summed E-state index contributed by atoms with van der Waals surface area (Å²) in [6.45, 7) is 1.01. The second-order valence-corrected chi connectivity index (χ2v) is 5.62. The van der Waals surface area contributed by atoms with Gasteiger partial charge in [-0.15, -0.1) is 24.1 Å². The van der Waals surface area contributed by atoms with Crippen molar-refractivity contribution in [3.05, 3.63) is 29.8 Å². The van der Waals surface area contributed by atoms with Gasteiger partial charge in [-0.2, -0.15) is 0 Å². The van der Waals surface area contributed by atoms with Gasteiger partial charge in [0.15, 0.2) is 0 Å². The van der Waals surface area contributed by atoms with Gasteiger partial charge in [0.05, 0.1) is 0 Å². The Labute approximate surface area is 108 Å². The molecule has 0 heterocycles. The third-order valence-electron chi connectivity index (χ3n) is 2.83. The first-order valence-corrected chi connectivity index (χ1v) is 7.25. The summed E-state index contributed by atoms with van der Waals surface area (Å²) in [7, 11) is 0. The number of thioether (sulfide) groups is 1. The van der Waals surface area contributed by atoms with E-state index in [1.807, 2.05) is 11.8 Å². The Hall–Kier alpha value is -0.910. The molecule has 1 aliphatic carbocycles. The molecule has 0 bridgehead atoms. The average Bonchev–Trinajstić information content (AvgIpc) is 3.18. The van der Waals surface area contributed by atoms with E-state index in [1.165, 1.54) is 23.3 Å². The third-order valence-corrected chi connectivity index (χ3v) is 3.93. The lowest BCUT2D eigenvalue weighted by atomic mass is 10.2. The van der Waals surface area contributed by atoms with Crippen LogP contribution >= 0.6 is 11.8 Å². The maximum atomic E-state index is 5.22. The lowest BCUT2D eigenvalue weighted by Gasteiger charge is -2.04. The van der Waals surface area contributed by atoms with E-state index in [-0.39, 0.29) is 0 Å². The summed E-state index contributed by atoms with van der Waals surface area (Å²) in [6, 6.07) is 9.65. The van der Waals surface area contributed by atoms with Crippen LogP contribution in [0.5, 0.6) is 0 Å². The lowest BCUT2D eigenvalue weighted by Crippen LogP contribution is -2.14. The van der Waals surface area contributed by atoms with Gasteiger partial charge in [0, 0.05) is 23.9 Å². The van der Waals surface area contributed by atoms with Crippen molar-refractivity contribution in [2.45, 2.75) is 43.2 Å². The smallest absolute Gasteiger partial charge is 0.0208 e. The third kappa shape index (κ3) is 4.85. The van der Waals surface area contributed by atoms with Crippen LogP contribution in [0.15, 0.2) is 29.2 Å². The lowest BCUT2D eigenvalue weighted by molar-refractivity contribution is 0.687. The minimum absolute atomic E-state index is 0.785. The summed E-state index contributed by atoms with van der Waals surface area (Å²) < 4.78 is 0. The molecule has 1 nitrogen and oxygen atoms in total. The van der Waals surface area contributed by atoms with Gasteiger partial charge < -0.3 is 5.32 Å². The summed E-state index contributed by atoms with van der Waals surface area (Å²) >= 11 is 1.89. The van der Waals surface area contributed by atoms with Crippen molar-refractivity contribution in [2.24, 2.45) is 0 Å². The van der Waals surface area contributed by atoms with Gasteiger partial charge in [-0.1, -0.05) is 12.1 Å². The number of hydrogen-bond donors (Lipinski definition) is 1. The van der Waals surface area contributed by atoms with E-state index in [1.54, 1.807) is 0 Å².